The van der Waals surface area contributed by atoms with E-state index in [0.717, 1.165) is 47.0 Å². The molecule has 0 radical (unpaired) electrons. The minimum absolute atomic E-state index is 0.0354. The number of aromatic nitrogens is 4. The summed E-state index contributed by atoms with van der Waals surface area (Å²) in [5.41, 5.74) is 9.48. The normalized spacial score (nSPS) is 13.2. The quantitative estimate of drug-likeness (QED) is 0.174. The fourth-order valence-corrected chi connectivity index (χ4v) is 5.27. The number of hydrogen-bond acceptors (Lipinski definition) is 6. The minimum Gasteiger partial charge on any atom is -0.321 e. The summed E-state index contributed by atoms with van der Waals surface area (Å²) in [6, 6.07) is 12.9. The number of hydrogen-bond donors (Lipinski definition) is 2. The van der Waals surface area contributed by atoms with Crippen molar-refractivity contribution in [2.75, 3.05) is 0 Å². The van der Waals surface area contributed by atoms with Crippen LogP contribution in [0.25, 0.3) is 33.2 Å². The molecular formula is C34H24F10N6O2. The van der Waals surface area contributed by atoms with Gasteiger partial charge in [-0.25, -0.2) is 27.5 Å². The number of nitrogens with two attached hydrogens (primary N) is 2. The standard InChI is InChI=1S/C17H11F6N3O.C17H13F4N3O/c18-8-1-2-14-12(6-8)16(27)26(11-4-9(19)3-10(20)5-11)15(25-14)13(24)7-17(21,22)23;18-10-6-7-14-12(8-10)16(25)24(11-4-2-1-3-5-11)15(23-14)13(22)9-17(19,20)21/h1-6,13H,7,24H2;1-8,13H,9,22H2/t2*13-/m00/s1. The maximum absolute atomic E-state index is 13.6. The Balaban J connectivity index is 0.000000202. The highest BCUT2D eigenvalue weighted by molar-refractivity contribution is 5.79. The Morgan fingerprint density at radius 1 is 0.538 bits per heavy atom. The van der Waals surface area contributed by atoms with Crippen LogP contribution in [-0.2, 0) is 0 Å². The summed E-state index contributed by atoms with van der Waals surface area (Å²) in [5.74, 6) is -4.34. The molecular weight excluding hydrogens is 714 g/mol. The Morgan fingerprint density at radius 3 is 1.35 bits per heavy atom. The Bertz CT molecular complexity index is 2360. The molecule has 4 N–H and O–H groups in total. The molecule has 0 saturated carbocycles. The molecule has 272 valence electrons. The Labute approximate surface area is 285 Å². The molecule has 0 aliphatic heterocycles. The highest BCUT2D eigenvalue weighted by Gasteiger charge is 2.34. The van der Waals surface area contributed by atoms with Gasteiger partial charge in [-0.15, -0.1) is 0 Å². The summed E-state index contributed by atoms with van der Waals surface area (Å²) in [5, 5.41) is -0.311. The number of fused-ring (bicyclic) bond motifs is 2. The van der Waals surface area contributed by atoms with Gasteiger partial charge in [0.05, 0.1) is 58.1 Å². The van der Waals surface area contributed by atoms with Gasteiger partial charge in [-0.3, -0.25) is 18.7 Å². The molecule has 0 fully saturated rings. The lowest BCUT2D eigenvalue weighted by Gasteiger charge is -2.19. The van der Waals surface area contributed by atoms with Crippen LogP contribution in [0.3, 0.4) is 0 Å². The van der Waals surface area contributed by atoms with E-state index in [-0.39, 0.29) is 27.6 Å². The van der Waals surface area contributed by atoms with Crippen LogP contribution in [0, 0.1) is 23.3 Å². The lowest BCUT2D eigenvalue weighted by Crippen LogP contribution is -2.31. The third kappa shape index (κ3) is 8.63. The number of rotatable bonds is 6. The zero-order valence-electron chi connectivity index (χ0n) is 26.2. The van der Waals surface area contributed by atoms with Gasteiger partial charge in [0.25, 0.3) is 11.1 Å². The van der Waals surface area contributed by atoms with Crippen LogP contribution < -0.4 is 22.6 Å². The van der Waals surface area contributed by atoms with Crippen molar-refractivity contribution in [3.8, 4) is 11.4 Å². The van der Waals surface area contributed by atoms with Crippen molar-refractivity contribution in [3.05, 3.63) is 141 Å². The number of benzene rings is 4. The second kappa shape index (κ2) is 14.5. The van der Waals surface area contributed by atoms with E-state index in [9.17, 15) is 53.5 Å². The zero-order valence-corrected chi connectivity index (χ0v) is 26.2. The molecule has 0 amide bonds. The highest BCUT2D eigenvalue weighted by atomic mass is 19.4. The van der Waals surface area contributed by atoms with Crippen molar-refractivity contribution in [1.29, 1.82) is 0 Å². The van der Waals surface area contributed by atoms with Crippen LogP contribution in [0.15, 0.2) is 94.5 Å². The van der Waals surface area contributed by atoms with Gasteiger partial charge in [-0.2, -0.15) is 26.3 Å². The molecule has 2 aromatic heterocycles. The number of nitrogens with zero attached hydrogens (tertiary/aromatic N) is 4. The molecule has 18 heteroatoms. The largest absolute Gasteiger partial charge is 0.391 e. The molecule has 0 unspecified atom stereocenters. The summed E-state index contributed by atoms with van der Waals surface area (Å²) >= 11 is 0. The first-order valence-electron chi connectivity index (χ1n) is 14.9. The first kappa shape index (κ1) is 37.6. The van der Waals surface area contributed by atoms with Crippen LogP contribution in [0.2, 0.25) is 0 Å². The lowest BCUT2D eigenvalue weighted by atomic mass is 10.1. The molecule has 0 aliphatic rings. The van der Waals surface area contributed by atoms with E-state index in [0.29, 0.717) is 16.3 Å². The van der Waals surface area contributed by atoms with Gasteiger partial charge in [0.15, 0.2) is 0 Å². The number of alkyl halides is 6. The monoisotopic (exact) mass is 738 g/mol. The number of halogens is 10. The first-order valence-corrected chi connectivity index (χ1v) is 14.9. The summed E-state index contributed by atoms with van der Waals surface area (Å²) in [4.78, 5) is 33.6. The average molecular weight is 739 g/mol. The molecule has 52 heavy (non-hydrogen) atoms. The van der Waals surface area contributed by atoms with E-state index >= 15 is 0 Å². The van der Waals surface area contributed by atoms with E-state index in [1.54, 1.807) is 18.2 Å². The second-order valence-corrected chi connectivity index (χ2v) is 11.4. The molecule has 2 atom stereocenters. The Morgan fingerprint density at radius 2 is 0.942 bits per heavy atom. The predicted molar refractivity (Wildman–Crippen MR) is 170 cm³/mol. The van der Waals surface area contributed by atoms with Crippen LogP contribution in [0.4, 0.5) is 43.9 Å². The SMILES string of the molecule is N[C@@H](CC(F)(F)F)c1nc2ccc(F)cc2c(=O)n1-c1cc(F)cc(F)c1.N[C@@H](CC(F)(F)F)c1nc2ccc(F)cc2c(=O)n1-c1ccccc1. The van der Waals surface area contributed by atoms with Crippen LogP contribution in [0.5, 0.6) is 0 Å². The van der Waals surface area contributed by atoms with Crippen LogP contribution in [0.1, 0.15) is 36.6 Å². The van der Waals surface area contributed by atoms with E-state index in [4.69, 9.17) is 11.5 Å². The van der Waals surface area contributed by atoms with E-state index in [2.05, 4.69) is 9.97 Å². The molecule has 8 nitrogen and oxygen atoms in total. The summed E-state index contributed by atoms with van der Waals surface area (Å²) in [6.45, 7) is 0. The molecule has 2 heterocycles. The van der Waals surface area contributed by atoms with Gasteiger partial charge in [0.1, 0.15) is 34.9 Å². The third-order valence-electron chi connectivity index (χ3n) is 7.40. The highest BCUT2D eigenvalue weighted by Crippen LogP contribution is 2.30. The van der Waals surface area contributed by atoms with Gasteiger partial charge in [0, 0.05) is 6.07 Å². The fraction of sp³-hybridized carbons (Fsp3) is 0.176. The van der Waals surface area contributed by atoms with Crippen molar-refractivity contribution in [2.45, 2.75) is 37.3 Å². The maximum atomic E-state index is 13.6. The predicted octanol–water partition coefficient (Wildman–Crippen LogP) is 7.23. The smallest absolute Gasteiger partial charge is 0.321 e. The topological polar surface area (TPSA) is 122 Å². The van der Waals surface area contributed by atoms with Crippen molar-refractivity contribution in [3.63, 3.8) is 0 Å². The summed E-state index contributed by atoms with van der Waals surface area (Å²) in [7, 11) is 0. The number of para-hydroxylation sites is 1. The molecule has 0 aliphatic carbocycles. The Kier molecular flexibility index (Phi) is 10.5. The molecule has 0 saturated heterocycles. The third-order valence-corrected chi connectivity index (χ3v) is 7.40. The zero-order chi connectivity index (χ0) is 38.1. The molecule has 4 aromatic carbocycles. The van der Waals surface area contributed by atoms with Gasteiger partial charge < -0.3 is 11.5 Å². The van der Waals surface area contributed by atoms with Gasteiger partial charge in [0.2, 0.25) is 0 Å². The van der Waals surface area contributed by atoms with Gasteiger partial charge in [-0.05, 0) is 60.7 Å². The first-order chi connectivity index (χ1) is 24.3. The van der Waals surface area contributed by atoms with E-state index in [1.165, 1.54) is 18.2 Å². The second-order valence-electron chi connectivity index (χ2n) is 11.4. The minimum atomic E-state index is -4.67. The van der Waals surface area contributed by atoms with Gasteiger partial charge in [-0.1, -0.05) is 18.2 Å². The van der Waals surface area contributed by atoms with Crippen LogP contribution >= 0.6 is 0 Å². The summed E-state index contributed by atoms with van der Waals surface area (Å²) < 4.78 is 132. The van der Waals surface area contributed by atoms with Crippen molar-refractivity contribution in [1.82, 2.24) is 19.1 Å². The summed E-state index contributed by atoms with van der Waals surface area (Å²) in [6.07, 6.45) is -12.0. The lowest BCUT2D eigenvalue weighted by molar-refractivity contribution is -0.139. The van der Waals surface area contributed by atoms with E-state index < -0.39 is 83.2 Å². The Hall–Kier alpha value is -5.62. The van der Waals surface area contributed by atoms with Crippen molar-refractivity contribution < 1.29 is 43.9 Å². The molecule has 6 rings (SSSR count). The molecule has 6 aromatic rings. The van der Waals surface area contributed by atoms with Gasteiger partial charge >= 0.3 is 12.4 Å². The fourth-order valence-electron chi connectivity index (χ4n) is 5.27. The average Bonchev–Trinajstić information content (AvgIpc) is 3.04. The van der Waals surface area contributed by atoms with E-state index in [1.807, 2.05) is 0 Å². The maximum Gasteiger partial charge on any atom is 0.391 e. The van der Waals surface area contributed by atoms with Crippen molar-refractivity contribution in [2.24, 2.45) is 11.5 Å². The van der Waals surface area contributed by atoms with Crippen LogP contribution in [-0.4, -0.2) is 31.5 Å². The van der Waals surface area contributed by atoms with Crippen molar-refractivity contribution >= 4 is 21.8 Å². The molecule has 0 bridgehead atoms. The molecule has 0 spiro atoms.